The molecule has 0 heterocycles. The lowest BCUT2D eigenvalue weighted by Crippen LogP contribution is -2.46. The minimum absolute atomic E-state index is 0.0421. The van der Waals surface area contributed by atoms with Crippen molar-refractivity contribution in [2.75, 3.05) is 13.2 Å². The average Bonchev–Trinajstić information content (AvgIpc) is 2.11. The molecule has 102 valence electrons. The molecular formula is C15H31NO. The maximum absolute atomic E-state index is 5.74. The summed E-state index contributed by atoms with van der Waals surface area (Å²) in [6.07, 6.45) is 3.96. The van der Waals surface area contributed by atoms with Crippen molar-refractivity contribution in [1.82, 2.24) is 5.32 Å². The molecule has 2 heteroatoms. The Balaban J connectivity index is 2.41. The van der Waals surface area contributed by atoms with Gasteiger partial charge < -0.3 is 10.1 Å². The van der Waals surface area contributed by atoms with E-state index in [1.54, 1.807) is 0 Å². The third-order valence-corrected chi connectivity index (χ3v) is 3.74. The number of hydrogen-bond donors (Lipinski definition) is 1. The van der Waals surface area contributed by atoms with Gasteiger partial charge in [0.15, 0.2) is 0 Å². The third-order valence-electron chi connectivity index (χ3n) is 3.74. The molecule has 1 saturated carbocycles. The predicted octanol–water partition coefficient (Wildman–Crippen LogP) is 3.61. The largest absolute Gasteiger partial charge is 0.375 e. The molecule has 0 amide bonds. The molecule has 0 aromatic rings. The van der Waals surface area contributed by atoms with Crippen LogP contribution in [0.4, 0.5) is 0 Å². The summed E-state index contributed by atoms with van der Waals surface area (Å²) in [5, 5.41) is 3.71. The van der Waals surface area contributed by atoms with Gasteiger partial charge in [0.1, 0.15) is 0 Å². The molecule has 2 unspecified atom stereocenters. The molecule has 1 N–H and O–H groups in total. The van der Waals surface area contributed by atoms with Gasteiger partial charge in [0.2, 0.25) is 0 Å². The molecule has 2 nitrogen and oxygen atoms in total. The van der Waals surface area contributed by atoms with E-state index in [9.17, 15) is 0 Å². The van der Waals surface area contributed by atoms with Crippen LogP contribution in [0.3, 0.4) is 0 Å². The maximum Gasteiger partial charge on any atom is 0.0750 e. The van der Waals surface area contributed by atoms with E-state index >= 15 is 0 Å². The molecule has 0 aromatic carbocycles. The smallest absolute Gasteiger partial charge is 0.0750 e. The highest BCUT2D eigenvalue weighted by molar-refractivity contribution is 4.87. The summed E-state index contributed by atoms with van der Waals surface area (Å²) in [6.45, 7) is 15.3. The quantitative estimate of drug-likeness (QED) is 0.794. The number of hydrogen-bond acceptors (Lipinski definition) is 2. The predicted molar refractivity (Wildman–Crippen MR) is 74.3 cm³/mol. The lowest BCUT2D eigenvalue weighted by molar-refractivity contribution is -0.0136. The van der Waals surface area contributed by atoms with Crippen LogP contribution in [-0.4, -0.2) is 24.8 Å². The molecule has 1 aliphatic carbocycles. The Bertz CT molecular complexity index is 235. The fourth-order valence-electron chi connectivity index (χ4n) is 3.33. The summed E-state index contributed by atoms with van der Waals surface area (Å²) in [6, 6.07) is 0.661. The molecule has 1 fully saturated rings. The maximum atomic E-state index is 5.74. The lowest BCUT2D eigenvalue weighted by Gasteiger charge is -2.40. The van der Waals surface area contributed by atoms with Gasteiger partial charge in [0, 0.05) is 19.2 Å². The molecule has 0 spiro atoms. The fraction of sp³-hybridized carbons (Fsp3) is 1.00. The van der Waals surface area contributed by atoms with Crippen LogP contribution in [0.15, 0.2) is 0 Å². The van der Waals surface area contributed by atoms with Gasteiger partial charge >= 0.3 is 0 Å². The Kier molecular flexibility index (Phi) is 5.03. The lowest BCUT2D eigenvalue weighted by atomic mass is 9.70. The number of ether oxygens (including phenoxy) is 1. The molecule has 0 aliphatic heterocycles. The van der Waals surface area contributed by atoms with Crippen molar-refractivity contribution in [2.24, 2.45) is 11.3 Å². The van der Waals surface area contributed by atoms with Gasteiger partial charge in [-0.1, -0.05) is 20.8 Å². The van der Waals surface area contributed by atoms with Crippen molar-refractivity contribution in [2.45, 2.75) is 72.4 Å². The summed E-state index contributed by atoms with van der Waals surface area (Å²) in [4.78, 5) is 0. The molecule has 0 radical (unpaired) electrons. The minimum atomic E-state index is -0.0421. The Hall–Kier alpha value is -0.0800. The second-order valence-corrected chi connectivity index (χ2v) is 7.18. The van der Waals surface area contributed by atoms with E-state index in [1.165, 1.54) is 19.3 Å². The highest BCUT2D eigenvalue weighted by Crippen LogP contribution is 2.38. The van der Waals surface area contributed by atoms with Crippen molar-refractivity contribution < 1.29 is 4.74 Å². The first-order chi connectivity index (χ1) is 7.74. The van der Waals surface area contributed by atoms with Gasteiger partial charge in [-0.2, -0.15) is 0 Å². The van der Waals surface area contributed by atoms with Gasteiger partial charge in [0.05, 0.1) is 5.60 Å². The normalized spacial score (nSPS) is 29.3. The number of rotatable bonds is 5. The van der Waals surface area contributed by atoms with Crippen molar-refractivity contribution in [1.29, 1.82) is 0 Å². The molecule has 0 bridgehead atoms. The monoisotopic (exact) mass is 241 g/mol. The SMILES string of the molecule is CCOC(C)(C)CNC1CC(C)CC(C)(C)C1. The molecule has 17 heavy (non-hydrogen) atoms. The average molecular weight is 241 g/mol. The molecular weight excluding hydrogens is 210 g/mol. The van der Waals surface area contributed by atoms with Crippen molar-refractivity contribution in [3.63, 3.8) is 0 Å². The first-order valence-electron chi connectivity index (χ1n) is 7.11. The zero-order valence-corrected chi connectivity index (χ0v) is 12.6. The summed E-state index contributed by atoms with van der Waals surface area (Å²) in [7, 11) is 0. The van der Waals surface area contributed by atoms with E-state index in [2.05, 4.69) is 46.9 Å². The number of nitrogens with one attached hydrogen (secondary N) is 1. The van der Waals surface area contributed by atoms with Crippen LogP contribution >= 0.6 is 0 Å². The van der Waals surface area contributed by atoms with E-state index in [4.69, 9.17) is 4.74 Å². The third kappa shape index (κ3) is 5.39. The first kappa shape index (κ1) is 15.0. The van der Waals surface area contributed by atoms with Crippen LogP contribution < -0.4 is 5.32 Å². The van der Waals surface area contributed by atoms with Crippen LogP contribution in [-0.2, 0) is 4.74 Å². The summed E-state index contributed by atoms with van der Waals surface area (Å²) in [5.74, 6) is 0.839. The molecule has 1 aliphatic rings. The van der Waals surface area contributed by atoms with E-state index in [0.717, 1.165) is 19.1 Å². The zero-order valence-electron chi connectivity index (χ0n) is 12.6. The fourth-order valence-corrected chi connectivity index (χ4v) is 3.33. The van der Waals surface area contributed by atoms with Crippen LogP contribution in [0.1, 0.15) is 60.8 Å². The molecule has 2 atom stereocenters. The summed E-state index contributed by atoms with van der Waals surface area (Å²) >= 11 is 0. The van der Waals surface area contributed by atoms with Gasteiger partial charge in [0.25, 0.3) is 0 Å². The Labute approximate surface area is 108 Å². The van der Waals surface area contributed by atoms with Crippen LogP contribution in [0, 0.1) is 11.3 Å². The zero-order chi connectivity index (χ0) is 13.1. The summed E-state index contributed by atoms with van der Waals surface area (Å²) in [5.41, 5.74) is 0.449. The molecule has 0 aromatic heterocycles. The Morgan fingerprint density at radius 3 is 2.47 bits per heavy atom. The van der Waals surface area contributed by atoms with Gasteiger partial charge in [-0.25, -0.2) is 0 Å². The van der Waals surface area contributed by atoms with Crippen molar-refractivity contribution in [3.8, 4) is 0 Å². The van der Waals surface area contributed by atoms with Crippen LogP contribution in [0.25, 0.3) is 0 Å². The van der Waals surface area contributed by atoms with E-state index in [-0.39, 0.29) is 5.60 Å². The van der Waals surface area contributed by atoms with Gasteiger partial charge in [-0.05, 0) is 51.4 Å². The summed E-state index contributed by atoms with van der Waals surface area (Å²) < 4.78 is 5.74. The first-order valence-corrected chi connectivity index (χ1v) is 7.11. The van der Waals surface area contributed by atoms with E-state index < -0.39 is 0 Å². The molecule has 0 saturated heterocycles. The van der Waals surface area contributed by atoms with E-state index in [0.29, 0.717) is 11.5 Å². The van der Waals surface area contributed by atoms with Crippen molar-refractivity contribution in [3.05, 3.63) is 0 Å². The Morgan fingerprint density at radius 1 is 1.29 bits per heavy atom. The van der Waals surface area contributed by atoms with Gasteiger partial charge in [-0.15, -0.1) is 0 Å². The Morgan fingerprint density at radius 2 is 1.94 bits per heavy atom. The van der Waals surface area contributed by atoms with Crippen molar-refractivity contribution >= 4 is 0 Å². The standard InChI is InChI=1S/C15H31NO/c1-7-17-15(5,6)11-16-13-8-12(2)9-14(3,4)10-13/h12-13,16H,7-11H2,1-6H3. The van der Waals surface area contributed by atoms with Gasteiger partial charge in [-0.3, -0.25) is 0 Å². The topological polar surface area (TPSA) is 21.3 Å². The van der Waals surface area contributed by atoms with E-state index in [1.807, 2.05) is 0 Å². The molecule has 1 rings (SSSR count). The minimum Gasteiger partial charge on any atom is -0.375 e. The highest BCUT2D eigenvalue weighted by atomic mass is 16.5. The van der Waals surface area contributed by atoms with Crippen LogP contribution in [0.5, 0.6) is 0 Å². The second-order valence-electron chi connectivity index (χ2n) is 7.18. The highest BCUT2D eigenvalue weighted by Gasteiger charge is 2.32. The second kappa shape index (κ2) is 5.71. The van der Waals surface area contributed by atoms with Crippen LogP contribution in [0.2, 0.25) is 0 Å².